The number of carbonyl (C=O) groups excluding carboxylic acids is 1. The van der Waals surface area contributed by atoms with Gasteiger partial charge in [-0.05, 0) is 32.6 Å². The molecule has 7 nitrogen and oxygen atoms in total. The van der Waals surface area contributed by atoms with Crippen LogP contribution in [0.25, 0.3) is 0 Å². The second kappa shape index (κ2) is 6.90. The summed E-state index contributed by atoms with van der Waals surface area (Å²) in [5.74, 6) is -0.941. The first kappa shape index (κ1) is 15.1. The van der Waals surface area contributed by atoms with Crippen LogP contribution in [-0.4, -0.2) is 54.6 Å². The Balaban J connectivity index is 1.64. The van der Waals surface area contributed by atoms with Crippen LogP contribution in [-0.2, 0) is 14.3 Å². The van der Waals surface area contributed by atoms with E-state index >= 15 is 0 Å². The van der Waals surface area contributed by atoms with Crippen molar-refractivity contribution in [3.8, 4) is 0 Å². The quantitative estimate of drug-likeness (QED) is 0.683. The highest BCUT2D eigenvalue weighted by atomic mass is 16.5. The number of hydrogen-bond acceptors (Lipinski definition) is 4. The zero-order chi connectivity index (χ0) is 14.5. The van der Waals surface area contributed by atoms with Crippen LogP contribution in [0.5, 0.6) is 0 Å². The normalized spacial score (nSPS) is 30.9. The Morgan fingerprint density at radius 2 is 2.15 bits per heavy atom. The van der Waals surface area contributed by atoms with Gasteiger partial charge in [0.05, 0.1) is 18.2 Å². The van der Waals surface area contributed by atoms with E-state index in [9.17, 15) is 9.59 Å². The minimum absolute atomic E-state index is 0.0336. The zero-order valence-corrected chi connectivity index (χ0v) is 11.6. The molecule has 20 heavy (non-hydrogen) atoms. The maximum absolute atomic E-state index is 11.7. The third-order valence-electron chi connectivity index (χ3n) is 3.75. The molecule has 7 heteroatoms. The largest absolute Gasteiger partial charge is 0.479 e. The number of carbonyl (C=O) groups is 2. The molecule has 0 saturated carbocycles. The Kier molecular flexibility index (Phi) is 5.19. The number of carboxylic acid groups (broad SMARTS) is 1. The van der Waals surface area contributed by atoms with Crippen molar-refractivity contribution in [1.82, 2.24) is 10.6 Å². The van der Waals surface area contributed by atoms with Gasteiger partial charge in [-0.2, -0.15) is 0 Å². The molecule has 4 atom stereocenters. The molecule has 0 spiro atoms. The molecule has 0 aromatic rings. The van der Waals surface area contributed by atoms with Crippen LogP contribution in [0.1, 0.15) is 32.6 Å². The van der Waals surface area contributed by atoms with Gasteiger partial charge in [-0.1, -0.05) is 0 Å². The van der Waals surface area contributed by atoms with E-state index in [0.29, 0.717) is 19.4 Å². The van der Waals surface area contributed by atoms with Gasteiger partial charge >= 0.3 is 12.0 Å². The van der Waals surface area contributed by atoms with Gasteiger partial charge in [0.1, 0.15) is 0 Å². The van der Waals surface area contributed by atoms with Crippen molar-refractivity contribution in [2.24, 2.45) is 0 Å². The first-order valence-electron chi connectivity index (χ1n) is 7.10. The van der Waals surface area contributed by atoms with Crippen LogP contribution in [0.15, 0.2) is 0 Å². The van der Waals surface area contributed by atoms with Crippen molar-refractivity contribution in [3.63, 3.8) is 0 Å². The predicted molar refractivity (Wildman–Crippen MR) is 70.5 cm³/mol. The number of aliphatic carboxylic acids is 1. The van der Waals surface area contributed by atoms with E-state index in [1.54, 1.807) is 0 Å². The highest BCUT2D eigenvalue weighted by Crippen LogP contribution is 2.19. The van der Waals surface area contributed by atoms with Gasteiger partial charge in [0.2, 0.25) is 0 Å². The lowest BCUT2D eigenvalue weighted by molar-refractivity contribution is -0.149. The van der Waals surface area contributed by atoms with Crippen molar-refractivity contribution in [1.29, 1.82) is 0 Å². The lowest BCUT2D eigenvalue weighted by Crippen LogP contribution is -2.47. The Labute approximate surface area is 118 Å². The fourth-order valence-electron chi connectivity index (χ4n) is 2.59. The molecule has 2 rings (SSSR count). The van der Waals surface area contributed by atoms with Crippen LogP contribution in [0.4, 0.5) is 4.79 Å². The predicted octanol–water partition coefficient (Wildman–Crippen LogP) is 0.485. The molecular weight excluding hydrogens is 264 g/mol. The maximum Gasteiger partial charge on any atom is 0.332 e. The number of rotatable bonds is 5. The average Bonchev–Trinajstić information content (AvgIpc) is 3.07. The Morgan fingerprint density at radius 3 is 2.75 bits per heavy atom. The smallest absolute Gasteiger partial charge is 0.332 e. The van der Waals surface area contributed by atoms with Crippen molar-refractivity contribution in [3.05, 3.63) is 0 Å². The Bertz CT molecular complexity index is 357. The van der Waals surface area contributed by atoms with Crippen molar-refractivity contribution in [2.45, 2.75) is 57.0 Å². The van der Waals surface area contributed by atoms with E-state index < -0.39 is 12.1 Å². The summed E-state index contributed by atoms with van der Waals surface area (Å²) < 4.78 is 10.8. The van der Waals surface area contributed by atoms with Gasteiger partial charge in [0.15, 0.2) is 6.10 Å². The Hall–Kier alpha value is -1.34. The summed E-state index contributed by atoms with van der Waals surface area (Å²) in [4.78, 5) is 22.5. The van der Waals surface area contributed by atoms with Crippen LogP contribution < -0.4 is 10.6 Å². The zero-order valence-electron chi connectivity index (χ0n) is 11.6. The molecule has 2 heterocycles. The van der Waals surface area contributed by atoms with Crippen LogP contribution >= 0.6 is 0 Å². The molecule has 2 fully saturated rings. The summed E-state index contributed by atoms with van der Waals surface area (Å²) in [6, 6.07) is -0.302. The number of hydrogen-bond donors (Lipinski definition) is 3. The van der Waals surface area contributed by atoms with Crippen molar-refractivity contribution >= 4 is 12.0 Å². The molecule has 2 amide bonds. The summed E-state index contributed by atoms with van der Waals surface area (Å²) in [7, 11) is 0. The van der Waals surface area contributed by atoms with Crippen LogP contribution in [0.2, 0.25) is 0 Å². The van der Waals surface area contributed by atoms with E-state index in [1.165, 1.54) is 0 Å². The molecule has 0 bridgehead atoms. The summed E-state index contributed by atoms with van der Waals surface area (Å²) in [6.07, 6.45) is 2.27. The van der Waals surface area contributed by atoms with Gasteiger partial charge in [-0.3, -0.25) is 0 Å². The molecule has 2 aliphatic rings. The molecule has 0 aliphatic carbocycles. The minimum Gasteiger partial charge on any atom is -0.479 e. The highest BCUT2D eigenvalue weighted by Gasteiger charge is 2.30. The molecule has 3 N–H and O–H groups in total. The van der Waals surface area contributed by atoms with Gasteiger partial charge < -0.3 is 25.2 Å². The first-order chi connectivity index (χ1) is 9.56. The fourth-order valence-corrected chi connectivity index (χ4v) is 2.59. The van der Waals surface area contributed by atoms with E-state index in [0.717, 1.165) is 19.4 Å². The number of urea groups is 1. The molecule has 0 aromatic heterocycles. The molecule has 114 valence electrons. The topological polar surface area (TPSA) is 96.9 Å². The third kappa shape index (κ3) is 4.08. The minimum atomic E-state index is -0.941. The number of ether oxygens (including phenoxy) is 2. The molecule has 2 aliphatic heterocycles. The third-order valence-corrected chi connectivity index (χ3v) is 3.75. The lowest BCUT2D eigenvalue weighted by atomic mass is 10.1. The fraction of sp³-hybridized carbons (Fsp3) is 0.846. The number of amides is 2. The maximum atomic E-state index is 11.7. The Morgan fingerprint density at radius 1 is 1.35 bits per heavy atom. The van der Waals surface area contributed by atoms with E-state index in [2.05, 4.69) is 10.6 Å². The monoisotopic (exact) mass is 286 g/mol. The molecular formula is C13H22N2O5. The van der Waals surface area contributed by atoms with Crippen molar-refractivity contribution in [2.75, 3.05) is 13.2 Å². The van der Waals surface area contributed by atoms with Gasteiger partial charge in [-0.25, -0.2) is 9.59 Å². The van der Waals surface area contributed by atoms with Gasteiger partial charge in [0.25, 0.3) is 0 Å². The summed E-state index contributed by atoms with van der Waals surface area (Å²) in [5.41, 5.74) is 0. The van der Waals surface area contributed by atoms with Gasteiger partial charge in [0, 0.05) is 13.2 Å². The van der Waals surface area contributed by atoms with Crippen LogP contribution in [0, 0.1) is 0 Å². The SMILES string of the molecule is CC(NC(=O)NCC1CCC(C(=O)O)O1)C1CCCO1. The summed E-state index contributed by atoms with van der Waals surface area (Å²) >= 11 is 0. The second-order valence-corrected chi connectivity index (χ2v) is 5.36. The van der Waals surface area contributed by atoms with Crippen molar-refractivity contribution < 1.29 is 24.2 Å². The highest BCUT2D eigenvalue weighted by molar-refractivity contribution is 5.74. The van der Waals surface area contributed by atoms with E-state index in [4.69, 9.17) is 14.6 Å². The second-order valence-electron chi connectivity index (χ2n) is 5.36. The first-order valence-corrected chi connectivity index (χ1v) is 7.10. The summed E-state index contributed by atoms with van der Waals surface area (Å²) in [6.45, 7) is 3.00. The van der Waals surface area contributed by atoms with Crippen LogP contribution in [0.3, 0.4) is 0 Å². The number of carboxylic acids is 1. The standard InChI is InChI=1S/C13H22N2O5/c1-8(10-3-2-6-19-10)15-13(18)14-7-9-4-5-11(20-9)12(16)17/h8-11H,2-7H2,1H3,(H,16,17)(H2,14,15,18). The van der Waals surface area contributed by atoms with E-state index in [1.807, 2.05) is 6.92 Å². The molecule has 2 saturated heterocycles. The molecule has 0 aromatic carbocycles. The molecule has 0 radical (unpaired) electrons. The number of nitrogens with one attached hydrogen (secondary N) is 2. The average molecular weight is 286 g/mol. The lowest BCUT2D eigenvalue weighted by Gasteiger charge is -2.21. The molecule has 4 unspecified atom stereocenters. The van der Waals surface area contributed by atoms with E-state index in [-0.39, 0.29) is 24.3 Å². The summed E-state index contributed by atoms with van der Waals surface area (Å²) in [5, 5.41) is 14.4. The van der Waals surface area contributed by atoms with Gasteiger partial charge in [-0.15, -0.1) is 0 Å².